The van der Waals surface area contributed by atoms with E-state index in [0.717, 1.165) is 6.07 Å². The molecule has 0 saturated carbocycles. The van der Waals surface area contributed by atoms with Crippen molar-refractivity contribution in [3.63, 3.8) is 0 Å². The number of nitrogens with zero attached hydrogens (tertiary/aromatic N) is 1. The standard InChI is InChI=1S/C6H3BrFNO3/c7-3-1-2-4(8)5(6(3)10)9(11)12/h1-2,10H. The predicted molar refractivity (Wildman–Crippen MR) is 42.4 cm³/mol. The summed E-state index contributed by atoms with van der Waals surface area (Å²) in [6.07, 6.45) is 0. The van der Waals surface area contributed by atoms with E-state index in [1.54, 1.807) is 0 Å². The lowest BCUT2D eigenvalue weighted by molar-refractivity contribution is -0.388. The Morgan fingerprint density at radius 2 is 2.17 bits per heavy atom. The molecule has 0 saturated heterocycles. The molecule has 64 valence electrons. The lowest BCUT2D eigenvalue weighted by Gasteiger charge is -1.98. The summed E-state index contributed by atoms with van der Waals surface area (Å²) >= 11 is 2.83. The van der Waals surface area contributed by atoms with Crippen LogP contribution in [0, 0.1) is 15.9 Å². The van der Waals surface area contributed by atoms with Crippen molar-refractivity contribution in [1.29, 1.82) is 0 Å². The van der Waals surface area contributed by atoms with Crippen LogP contribution in [0.15, 0.2) is 16.6 Å². The highest BCUT2D eigenvalue weighted by atomic mass is 79.9. The smallest absolute Gasteiger partial charge is 0.347 e. The van der Waals surface area contributed by atoms with E-state index in [1.807, 2.05) is 0 Å². The first-order chi connectivity index (χ1) is 5.54. The van der Waals surface area contributed by atoms with Gasteiger partial charge >= 0.3 is 5.69 Å². The van der Waals surface area contributed by atoms with Crippen molar-refractivity contribution in [3.05, 3.63) is 32.5 Å². The number of phenols is 1. The van der Waals surface area contributed by atoms with E-state index < -0.39 is 22.2 Å². The van der Waals surface area contributed by atoms with E-state index in [-0.39, 0.29) is 4.47 Å². The van der Waals surface area contributed by atoms with Crippen molar-refractivity contribution in [2.24, 2.45) is 0 Å². The highest BCUT2D eigenvalue weighted by Gasteiger charge is 2.21. The second-order valence-corrected chi connectivity index (χ2v) is 2.84. The van der Waals surface area contributed by atoms with E-state index in [1.165, 1.54) is 6.07 Å². The van der Waals surface area contributed by atoms with Crippen LogP contribution >= 0.6 is 15.9 Å². The van der Waals surface area contributed by atoms with Crippen LogP contribution in [0.2, 0.25) is 0 Å². The van der Waals surface area contributed by atoms with Crippen molar-refractivity contribution in [1.82, 2.24) is 0 Å². The fraction of sp³-hybridized carbons (Fsp3) is 0. The van der Waals surface area contributed by atoms with Gasteiger partial charge < -0.3 is 5.11 Å². The highest BCUT2D eigenvalue weighted by molar-refractivity contribution is 9.10. The van der Waals surface area contributed by atoms with Crippen molar-refractivity contribution in [3.8, 4) is 5.75 Å². The second kappa shape index (κ2) is 3.06. The maximum absolute atomic E-state index is 12.7. The average molecular weight is 236 g/mol. The van der Waals surface area contributed by atoms with E-state index in [9.17, 15) is 14.5 Å². The molecule has 1 aromatic rings. The lowest BCUT2D eigenvalue weighted by Crippen LogP contribution is -1.92. The number of phenolic OH excluding ortho intramolecular Hbond substituents is 1. The largest absolute Gasteiger partial charge is 0.501 e. The Balaban J connectivity index is 3.43. The molecule has 0 unspecified atom stereocenters. The fourth-order valence-electron chi connectivity index (χ4n) is 0.704. The Labute approximate surface area is 74.9 Å². The predicted octanol–water partition coefficient (Wildman–Crippen LogP) is 2.20. The van der Waals surface area contributed by atoms with Crippen LogP contribution in [0.3, 0.4) is 0 Å². The SMILES string of the molecule is O=[N+]([O-])c1c(F)ccc(Br)c1O. The van der Waals surface area contributed by atoms with Crippen LogP contribution in [0.1, 0.15) is 0 Å². The minimum Gasteiger partial charge on any atom is -0.501 e. The molecule has 0 heterocycles. The van der Waals surface area contributed by atoms with E-state index >= 15 is 0 Å². The van der Waals surface area contributed by atoms with Gasteiger partial charge in [0.1, 0.15) is 0 Å². The minimum atomic E-state index is -1.05. The first-order valence-corrected chi connectivity index (χ1v) is 3.64. The van der Waals surface area contributed by atoms with Gasteiger partial charge in [0, 0.05) is 0 Å². The maximum atomic E-state index is 12.7. The number of nitro groups is 1. The number of benzene rings is 1. The van der Waals surface area contributed by atoms with Gasteiger partial charge in [-0.2, -0.15) is 4.39 Å². The Hall–Kier alpha value is -1.17. The first kappa shape index (κ1) is 8.92. The van der Waals surface area contributed by atoms with Gasteiger partial charge in [-0.3, -0.25) is 10.1 Å². The van der Waals surface area contributed by atoms with Crippen LogP contribution in [-0.2, 0) is 0 Å². The molecular weight excluding hydrogens is 233 g/mol. The summed E-state index contributed by atoms with van der Waals surface area (Å²) in [4.78, 5) is 9.20. The molecule has 0 aromatic heterocycles. The molecule has 0 aliphatic rings. The molecule has 0 atom stereocenters. The molecule has 0 amide bonds. The second-order valence-electron chi connectivity index (χ2n) is 1.98. The third-order valence-electron chi connectivity index (χ3n) is 1.24. The first-order valence-electron chi connectivity index (χ1n) is 2.85. The lowest BCUT2D eigenvalue weighted by atomic mass is 10.3. The van der Waals surface area contributed by atoms with Gasteiger partial charge in [0.25, 0.3) is 0 Å². The third-order valence-corrected chi connectivity index (χ3v) is 1.88. The van der Waals surface area contributed by atoms with Gasteiger partial charge in [-0.15, -0.1) is 0 Å². The van der Waals surface area contributed by atoms with Gasteiger partial charge in [0.05, 0.1) is 9.40 Å². The van der Waals surface area contributed by atoms with Crippen LogP contribution < -0.4 is 0 Å². The Bertz CT molecular complexity index is 342. The van der Waals surface area contributed by atoms with Crippen molar-refractivity contribution in [2.45, 2.75) is 0 Å². The summed E-state index contributed by atoms with van der Waals surface area (Å²) in [5, 5.41) is 19.2. The molecule has 12 heavy (non-hydrogen) atoms. The number of aromatic hydroxyl groups is 1. The van der Waals surface area contributed by atoms with Gasteiger partial charge in [0.2, 0.25) is 11.6 Å². The van der Waals surface area contributed by atoms with Gasteiger partial charge in [-0.05, 0) is 28.1 Å². The number of rotatable bonds is 1. The molecule has 1 N–H and O–H groups in total. The molecule has 0 spiro atoms. The van der Waals surface area contributed by atoms with Crippen LogP contribution in [0.25, 0.3) is 0 Å². The number of hydrogen-bond acceptors (Lipinski definition) is 3. The molecule has 4 nitrogen and oxygen atoms in total. The van der Waals surface area contributed by atoms with Gasteiger partial charge in [-0.1, -0.05) is 0 Å². The van der Waals surface area contributed by atoms with Crippen LogP contribution in [0.4, 0.5) is 10.1 Å². The van der Waals surface area contributed by atoms with Crippen LogP contribution in [-0.4, -0.2) is 10.0 Å². The van der Waals surface area contributed by atoms with E-state index in [4.69, 9.17) is 5.11 Å². The van der Waals surface area contributed by atoms with Gasteiger partial charge in [-0.25, -0.2) is 0 Å². The highest BCUT2D eigenvalue weighted by Crippen LogP contribution is 2.35. The molecule has 1 rings (SSSR count). The Morgan fingerprint density at radius 3 is 2.58 bits per heavy atom. The Kier molecular flexibility index (Phi) is 2.27. The summed E-state index contributed by atoms with van der Waals surface area (Å²) < 4.78 is 12.8. The normalized spacial score (nSPS) is 9.83. The molecule has 0 aliphatic carbocycles. The molecular formula is C6H3BrFNO3. The number of hydrogen-bond donors (Lipinski definition) is 1. The van der Waals surface area contributed by atoms with E-state index in [2.05, 4.69) is 15.9 Å². The minimum absolute atomic E-state index is 0.0931. The number of nitro benzene ring substituents is 1. The molecule has 0 aliphatic heterocycles. The molecule has 6 heteroatoms. The zero-order valence-corrected chi connectivity index (χ0v) is 7.21. The Morgan fingerprint density at radius 1 is 1.58 bits per heavy atom. The number of halogens is 2. The average Bonchev–Trinajstić information content (AvgIpc) is 1.97. The fourth-order valence-corrected chi connectivity index (χ4v) is 1.02. The summed E-state index contributed by atoms with van der Waals surface area (Å²) in [7, 11) is 0. The summed E-state index contributed by atoms with van der Waals surface area (Å²) in [5.41, 5.74) is -0.913. The van der Waals surface area contributed by atoms with Crippen molar-refractivity contribution in [2.75, 3.05) is 0 Å². The summed E-state index contributed by atoms with van der Waals surface area (Å²) in [6, 6.07) is 2.10. The zero-order valence-electron chi connectivity index (χ0n) is 5.62. The van der Waals surface area contributed by atoms with Crippen molar-refractivity contribution < 1.29 is 14.4 Å². The molecule has 1 aromatic carbocycles. The summed E-state index contributed by atoms with van der Waals surface area (Å²) in [6.45, 7) is 0. The van der Waals surface area contributed by atoms with Gasteiger partial charge in [0.15, 0.2) is 0 Å². The topological polar surface area (TPSA) is 63.4 Å². The third kappa shape index (κ3) is 1.38. The quantitative estimate of drug-likeness (QED) is 0.600. The molecule has 0 fully saturated rings. The van der Waals surface area contributed by atoms with Crippen LogP contribution in [0.5, 0.6) is 5.75 Å². The summed E-state index contributed by atoms with van der Waals surface area (Å²) in [5.74, 6) is -1.75. The zero-order chi connectivity index (χ0) is 9.30. The van der Waals surface area contributed by atoms with E-state index in [0.29, 0.717) is 0 Å². The maximum Gasteiger partial charge on any atom is 0.347 e. The monoisotopic (exact) mass is 235 g/mol. The molecule has 0 radical (unpaired) electrons. The molecule has 0 bridgehead atoms. The van der Waals surface area contributed by atoms with Crippen molar-refractivity contribution >= 4 is 21.6 Å².